The van der Waals surface area contributed by atoms with Crippen molar-refractivity contribution in [3.8, 4) is 0 Å². The van der Waals surface area contributed by atoms with E-state index in [1.54, 1.807) is 0 Å². The van der Waals surface area contributed by atoms with Gasteiger partial charge in [0.25, 0.3) is 5.91 Å². The second-order valence-electron chi connectivity index (χ2n) is 3.62. The molecule has 1 heterocycles. The van der Waals surface area contributed by atoms with Crippen molar-refractivity contribution in [2.45, 2.75) is 0 Å². The Bertz CT molecular complexity index is 404. The highest BCUT2D eigenvalue weighted by Crippen LogP contribution is 2.19. The lowest BCUT2D eigenvalue weighted by molar-refractivity contribution is 0.100. The van der Waals surface area contributed by atoms with Gasteiger partial charge in [-0.2, -0.15) is 4.37 Å². The second kappa shape index (κ2) is 6.16. The highest BCUT2D eigenvalue weighted by Gasteiger charge is 2.13. The Morgan fingerprint density at radius 1 is 1.53 bits per heavy atom. The summed E-state index contributed by atoms with van der Waals surface area (Å²) in [6.45, 7) is 1.25. The Hall–Kier alpha value is -1.67. The van der Waals surface area contributed by atoms with Crippen LogP contribution in [0.2, 0.25) is 0 Å². The first-order valence-corrected chi connectivity index (χ1v) is 5.72. The Morgan fingerprint density at radius 2 is 2.24 bits per heavy atom. The summed E-state index contributed by atoms with van der Waals surface area (Å²) in [4.78, 5) is 24.4. The van der Waals surface area contributed by atoms with Crippen molar-refractivity contribution in [1.29, 1.82) is 0 Å². The standard InChI is InChI=1S/C9H15N5O2S/c1-14(2)4-3-11-9(16)13-8-6(7(10)15)5-12-17-8/h5H,3-4H2,1-2H3,(H2,10,15)(H2,11,13,16). The third kappa shape index (κ3) is 4.37. The number of aromatic nitrogens is 1. The zero-order chi connectivity index (χ0) is 12.8. The molecule has 0 aliphatic heterocycles. The molecule has 0 saturated carbocycles. The highest BCUT2D eigenvalue weighted by atomic mass is 32.1. The van der Waals surface area contributed by atoms with Crippen LogP contribution in [0.15, 0.2) is 6.20 Å². The molecule has 0 aliphatic carbocycles. The predicted molar refractivity (Wildman–Crippen MR) is 66.2 cm³/mol. The van der Waals surface area contributed by atoms with Crippen molar-refractivity contribution in [1.82, 2.24) is 14.6 Å². The molecule has 8 heteroatoms. The van der Waals surface area contributed by atoms with E-state index in [-0.39, 0.29) is 11.6 Å². The lowest BCUT2D eigenvalue weighted by atomic mass is 10.3. The first-order chi connectivity index (χ1) is 8.00. The molecule has 0 unspecified atom stereocenters. The largest absolute Gasteiger partial charge is 0.365 e. The first-order valence-electron chi connectivity index (χ1n) is 4.94. The molecule has 1 aromatic rings. The number of likely N-dealkylation sites (N-methyl/N-ethyl adjacent to an activating group) is 1. The molecular weight excluding hydrogens is 242 g/mol. The maximum absolute atomic E-state index is 11.5. The maximum atomic E-state index is 11.5. The van der Waals surface area contributed by atoms with E-state index in [2.05, 4.69) is 15.0 Å². The molecule has 4 N–H and O–H groups in total. The molecular formula is C9H15N5O2S. The van der Waals surface area contributed by atoms with E-state index in [0.717, 1.165) is 18.1 Å². The van der Waals surface area contributed by atoms with Crippen LogP contribution in [0.3, 0.4) is 0 Å². The molecule has 3 amide bonds. The van der Waals surface area contributed by atoms with E-state index in [1.807, 2.05) is 19.0 Å². The summed E-state index contributed by atoms with van der Waals surface area (Å²) >= 11 is 1.01. The van der Waals surface area contributed by atoms with Gasteiger partial charge >= 0.3 is 6.03 Å². The van der Waals surface area contributed by atoms with Crippen LogP contribution in [0.25, 0.3) is 0 Å². The molecule has 0 aliphatic rings. The Kier molecular flexibility index (Phi) is 4.85. The van der Waals surface area contributed by atoms with Gasteiger partial charge in [-0.3, -0.25) is 10.1 Å². The summed E-state index contributed by atoms with van der Waals surface area (Å²) in [6, 6.07) is -0.376. The van der Waals surface area contributed by atoms with Crippen molar-refractivity contribution in [3.05, 3.63) is 11.8 Å². The molecule has 17 heavy (non-hydrogen) atoms. The molecule has 94 valence electrons. The van der Waals surface area contributed by atoms with Crippen LogP contribution in [0.4, 0.5) is 9.80 Å². The van der Waals surface area contributed by atoms with Crippen LogP contribution in [-0.2, 0) is 0 Å². The van der Waals surface area contributed by atoms with Crippen molar-refractivity contribution >= 4 is 28.5 Å². The van der Waals surface area contributed by atoms with Gasteiger partial charge in [0, 0.05) is 13.1 Å². The van der Waals surface area contributed by atoms with Crippen molar-refractivity contribution < 1.29 is 9.59 Å². The minimum atomic E-state index is -0.609. The summed E-state index contributed by atoms with van der Waals surface area (Å²) in [5.74, 6) is -0.609. The quantitative estimate of drug-likeness (QED) is 0.687. The van der Waals surface area contributed by atoms with E-state index in [1.165, 1.54) is 6.20 Å². The normalized spacial score (nSPS) is 10.3. The van der Waals surface area contributed by atoms with Crippen LogP contribution >= 0.6 is 11.5 Å². The van der Waals surface area contributed by atoms with Crippen LogP contribution in [-0.4, -0.2) is 48.4 Å². The number of hydrogen-bond acceptors (Lipinski definition) is 5. The number of nitrogens with one attached hydrogen (secondary N) is 2. The van der Waals surface area contributed by atoms with Crippen LogP contribution in [0, 0.1) is 0 Å². The monoisotopic (exact) mass is 257 g/mol. The molecule has 0 radical (unpaired) electrons. The Balaban J connectivity index is 2.45. The fourth-order valence-electron chi connectivity index (χ4n) is 1.05. The number of rotatable bonds is 5. The van der Waals surface area contributed by atoms with Gasteiger partial charge in [-0.05, 0) is 25.6 Å². The highest BCUT2D eigenvalue weighted by molar-refractivity contribution is 7.10. The van der Waals surface area contributed by atoms with Gasteiger partial charge in [0.15, 0.2) is 0 Å². The lowest BCUT2D eigenvalue weighted by Gasteiger charge is -2.10. The zero-order valence-electron chi connectivity index (χ0n) is 9.69. The number of carbonyl (C=O) groups is 2. The maximum Gasteiger partial charge on any atom is 0.319 e. The topological polar surface area (TPSA) is 100 Å². The molecule has 0 bridgehead atoms. The van der Waals surface area contributed by atoms with Gasteiger partial charge in [0.2, 0.25) is 0 Å². The molecule has 1 rings (SSSR count). The lowest BCUT2D eigenvalue weighted by Crippen LogP contribution is -2.34. The number of nitrogens with two attached hydrogens (primary N) is 1. The Morgan fingerprint density at radius 3 is 2.82 bits per heavy atom. The van der Waals surface area contributed by atoms with Crippen molar-refractivity contribution in [3.63, 3.8) is 0 Å². The van der Waals surface area contributed by atoms with Gasteiger partial charge in [0.1, 0.15) is 5.00 Å². The molecule has 1 aromatic heterocycles. The third-order valence-corrected chi connectivity index (χ3v) is 2.62. The summed E-state index contributed by atoms with van der Waals surface area (Å²) in [5.41, 5.74) is 5.34. The average molecular weight is 257 g/mol. The van der Waals surface area contributed by atoms with Gasteiger partial charge in [-0.25, -0.2) is 4.79 Å². The molecule has 0 fully saturated rings. The Labute approximate surface area is 103 Å². The van der Waals surface area contributed by atoms with Gasteiger partial charge in [-0.1, -0.05) is 0 Å². The number of primary amides is 1. The van der Waals surface area contributed by atoms with Crippen LogP contribution < -0.4 is 16.4 Å². The smallest absolute Gasteiger partial charge is 0.319 e. The van der Waals surface area contributed by atoms with E-state index in [4.69, 9.17) is 5.73 Å². The van der Waals surface area contributed by atoms with Crippen LogP contribution in [0.5, 0.6) is 0 Å². The van der Waals surface area contributed by atoms with E-state index >= 15 is 0 Å². The first kappa shape index (κ1) is 13.4. The van der Waals surface area contributed by atoms with Crippen LogP contribution in [0.1, 0.15) is 10.4 Å². The van der Waals surface area contributed by atoms with Gasteiger partial charge in [0.05, 0.1) is 11.8 Å². The number of carbonyl (C=O) groups excluding carboxylic acids is 2. The van der Waals surface area contributed by atoms with Crippen molar-refractivity contribution in [2.24, 2.45) is 5.73 Å². The van der Waals surface area contributed by atoms with Gasteiger partial charge < -0.3 is 16.0 Å². The summed E-state index contributed by atoms with van der Waals surface area (Å²) in [7, 11) is 3.82. The predicted octanol–water partition coefficient (Wildman–Crippen LogP) is -0.0749. The van der Waals surface area contributed by atoms with E-state index in [0.29, 0.717) is 11.5 Å². The fourth-order valence-corrected chi connectivity index (χ4v) is 1.70. The fraction of sp³-hybridized carbons (Fsp3) is 0.444. The summed E-state index contributed by atoms with van der Waals surface area (Å²) < 4.78 is 3.80. The minimum absolute atomic E-state index is 0.220. The third-order valence-electron chi connectivity index (χ3n) is 1.91. The minimum Gasteiger partial charge on any atom is -0.365 e. The number of anilines is 1. The number of hydrogen-bond donors (Lipinski definition) is 3. The zero-order valence-corrected chi connectivity index (χ0v) is 10.5. The molecule has 0 aromatic carbocycles. The number of amides is 3. The second-order valence-corrected chi connectivity index (χ2v) is 4.42. The van der Waals surface area contributed by atoms with E-state index < -0.39 is 5.91 Å². The number of urea groups is 1. The van der Waals surface area contributed by atoms with E-state index in [9.17, 15) is 9.59 Å². The number of nitrogens with zero attached hydrogens (tertiary/aromatic N) is 2. The molecule has 0 spiro atoms. The van der Waals surface area contributed by atoms with Gasteiger partial charge in [-0.15, -0.1) is 0 Å². The summed E-state index contributed by atoms with van der Waals surface area (Å²) in [5, 5.41) is 5.55. The molecule has 0 atom stereocenters. The SMILES string of the molecule is CN(C)CCNC(=O)Nc1sncc1C(N)=O. The van der Waals surface area contributed by atoms with Crippen molar-refractivity contribution in [2.75, 3.05) is 32.5 Å². The molecule has 7 nitrogen and oxygen atoms in total. The molecule has 0 saturated heterocycles. The average Bonchev–Trinajstić information content (AvgIpc) is 2.65. The summed E-state index contributed by atoms with van der Waals surface area (Å²) in [6.07, 6.45) is 1.34.